The molecule has 0 spiro atoms. The summed E-state index contributed by atoms with van der Waals surface area (Å²) in [7, 11) is 0. The number of aromatic carboxylic acids is 1. The molecule has 0 bridgehead atoms. The zero-order valence-corrected chi connectivity index (χ0v) is 12.9. The van der Waals surface area contributed by atoms with E-state index in [1.807, 2.05) is 0 Å². The standard InChI is InChI=1S/C15H17F3N2O3/c1-8-9(13(22)23)4-5-10(19-8)12(21)20-7-6-11(14(20,2)3)15(16,17)18/h4-5,11H,6-7H2,1-3H3,(H,22,23). The van der Waals surface area contributed by atoms with Crippen LogP contribution in [0.4, 0.5) is 13.2 Å². The van der Waals surface area contributed by atoms with Gasteiger partial charge in [-0.1, -0.05) is 0 Å². The number of carbonyl (C=O) groups excluding carboxylic acids is 1. The number of aryl methyl sites for hydroxylation is 1. The van der Waals surface area contributed by atoms with Crippen LogP contribution in [0.15, 0.2) is 12.1 Å². The highest BCUT2D eigenvalue weighted by Gasteiger charge is 2.56. The fourth-order valence-electron chi connectivity index (χ4n) is 3.06. The van der Waals surface area contributed by atoms with Crippen LogP contribution in [0.5, 0.6) is 0 Å². The molecule has 0 radical (unpaired) electrons. The minimum absolute atomic E-state index is 0.0164. The van der Waals surface area contributed by atoms with Gasteiger partial charge < -0.3 is 10.0 Å². The first-order valence-electron chi connectivity index (χ1n) is 7.06. The van der Waals surface area contributed by atoms with Gasteiger partial charge in [-0.25, -0.2) is 9.78 Å². The number of carbonyl (C=O) groups is 2. The Morgan fingerprint density at radius 1 is 1.35 bits per heavy atom. The number of carboxylic acid groups (broad SMARTS) is 1. The van der Waals surface area contributed by atoms with E-state index in [2.05, 4.69) is 4.98 Å². The number of halogens is 3. The van der Waals surface area contributed by atoms with Gasteiger partial charge in [0.15, 0.2) is 0 Å². The van der Waals surface area contributed by atoms with E-state index in [9.17, 15) is 22.8 Å². The van der Waals surface area contributed by atoms with Crippen molar-refractivity contribution in [1.82, 2.24) is 9.88 Å². The predicted molar refractivity (Wildman–Crippen MR) is 75.2 cm³/mol. The highest BCUT2D eigenvalue weighted by molar-refractivity contribution is 5.95. The summed E-state index contributed by atoms with van der Waals surface area (Å²) in [4.78, 5) is 28.6. The summed E-state index contributed by atoms with van der Waals surface area (Å²) in [6, 6.07) is 2.47. The number of pyridine rings is 1. The second kappa shape index (κ2) is 5.50. The Balaban J connectivity index is 2.31. The first-order chi connectivity index (χ1) is 10.5. The Morgan fingerprint density at radius 3 is 2.39 bits per heavy atom. The molecule has 1 aliphatic heterocycles. The average molecular weight is 330 g/mol. The van der Waals surface area contributed by atoms with E-state index in [1.54, 1.807) is 0 Å². The molecule has 1 aromatic heterocycles. The Morgan fingerprint density at radius 2 is 1.96 bits per heavy atom. The van der Waals surface area contributed by atoms with E-state index in [1.165, 1.54) is 32.9 Å². The van der Waals surface area contributed by atoms with E-state index < -0.39 is 29.5 Å². The number of alkyl halides is 3. The second-order valence-electron chi connectivity index (χ2n) is 6.13. The fraction of sp³-hybridized carbons (Fsp3) is 0.533. The molecule has 2 rings (SSSR count). The quantitative estimate of drug-likeness (QED) is 0.905. The molecule has 1 aliphatic rings. The van der Waals surface area contributed by atoms with E-state index in [0.29, 0.717) is 0 Å². The van der Waals surface area contributed by atoms with Crippen LogP contribution >= 0.6 is 0 Å². The summed E-state index contributed by atoms with van der Waals surface area (Å²) in [5, 5.41) is 8.95. The number of aromatic nitrogens is 1. The lowest BCUT2D eigenvalue weighted by atomic mass is 9.87. The number of hydrogen-bond acceptors (Lipinski definition) is 3. The molecule has 1 unspecified atom stereocenters. The van der Waals surface area contributed by atoms with Gasteiger partial charge in [0.25, 0.3) is 5.91 Å². The molecular formula is C15H17F3N2O3. The molecule has 1 fully saturated rings. The molecule has 126 valence electrons. The van der Waals surface area contributed by atoms with Gasteiger partial charge in [0.05, 0.1) is 17.2 Å². The van der Waals surface area contributed by atoms with Crippen LogP contribution in [0, 0.1) is 12.8 Å². The van der Waals surface area contributed by atoms with Crippen LogP contribution in [0.25, 0.3) is 0 Å². The number of carboxylic acids is 1. The summed E-state index contributed by atoms with van der Waals surface area (Å²) in [6.45, 7) is 4.19. The summed E-state index contributed by atoms with van der Waals surface area (Å²) in [5.74, 6) is -3.40. The van der Waals surface area contributed by atoms with Gasteiger partial charge in [0, 0.05) is 12.1 Å². The van der Waals surface area contributed by atoms with Crippen molar-refractivity contribution in [2.45, 2.75) is 38.9 Å². The minimum atomic E-state index is -4.38. The normalized spacial score (nSPS) is 20.6. The fourth-order valence-corrected chi connectivity index (χ4v) is 3.06. The monoisotopic (exact) mass is 330 g/mol. The molecule has 2 heterocycles. The third-order valence-electron chi connectivity index (χ3n) is 4.37. The van der Waals surface area contributed by atoms with Crippen LogP contribution in [0.1, 0.15) is 46.8 Å². The molecule has 1 atom stereocenters. The van der Waals surface area contributed by atoms with Gasteiger partial charge >= 0.3 is 12.1 Å². The zero-order chi connectivity index (χ0) is 17.6. The van der Waals surface area contributed by atoms with E-state index in [-0.39, 0.29) is 29.9 Å². The third-order valence-corrected chi connectivity index (χ3v) is 4.37. The number of nitrogens with zero attached hydrogens (tertiary/aromatic N) is 2. The molecule has 1 aromatic rings. The van der Waals surface area contributed by atoms with Crippen LogP contribution < -0.4 is 0 Å². The van der Waals surface area contributed by atoms with Crippen LogP contribution in [-0.2, 0) is 0 Å². The van der Waals surface area contributed by atoms with Crippen LogP contribution in [-0.4, -0.2) is 45.1 Å². The minimum Gasteiger partial charge on any atom is -0.478 e. The maximum absolute atomic E-state index is 13.1. The highest BCUT2D eigenvalue weighted by atomic mass is 19.4. The Bertz CT molecular complexity index is 656. The maximum Gasteiger partial charge on any atom is 0.394 e. The molecule has 1 N–H and O–H groups in total. The Hall–Kier alpha value is -2.12. The second-order valence-corrected chi connectivity index (χ2v) is 6.13. The molecular weight excluding hydrogens is 313 g/mol. The largest absolute Gasteiger partial charge is 0.478 e. The molecule has 23 heavy (non-hydrogen) atoms. The highest BCUT2D eigenvalue weighted by Crippen LogP contribution is 2.45. The predicted octanol–water partition coefficient (Wildman–Crippen LogP) is 2.89. The van der Waals surface area contributed by atoms with Crippen LogP contribution in [0.3, 0.4) is 0 Å². The molecule has 1 amide bonds. The summed E-state index contributed by atoms with van der Waals surface area (Å²) in [6.07, 6.45) is -4.54. The summed E-state index contributed by atoms with van der Waals surface area (Å²) in [5.41, 5.74) is -1.33. The molecule has 8 heteroatoms. The molecule has 0 aromatic carbocycles. The smallest absolute Gasteiger partial charge is 0.394 e. The van der Waals surface area contributed by atoms with E-state index in [0.717, 1.165) is 4.90 Å². The number of rotatable bonds is 2. The lowest BCUT2D eigenvalue weighted by Crippen LogP contribution is -2.49. The molecule has 0 aliphatic carbocycles. The third kappa shape index (κ3) is 3.02. The lowest BCUT2D eigenvalue weighted by molar-refractivity contribution is -0.189. The van der Waals surface area contributed by atoms with Gasteiger partial charge in [-0.3, -0.25) is 4.79 Å². The zero-order valence-electron chi connectivity index (χ0n) is 12.9. The Labute approximate surface area is 131 Å². The van der Waals surface area contributed by atoms with Crippen molar-refractivity contribution >= 4 is 11.9 Å². The average Bonchev–Trinajstić information content (AvgIpc) is 2.72. The molecule has 0 saturated carbocycles. The number of hydrogen-bond donors (Lipinski definition) is 1. The van der Waals surface area contributed by atoms with Gasteiger partial charge in [-0.2, -0.15) is 13.2 Å². The van der Waals surface area contributed by atoms with Crippen molar-refractivity contribution in [1.29, 1.82) is 0 Å². The van der Waals surface area contributed by atoms with Crippen LogP contribution in [0.2, 0.25) is 0 Å². The van der Waals surface area contributed by atoms with E-state index >= 15 is 0 Å². The van der Waals surface area contributed by atoms with E-state index in [4.69, 9.17) is 5.11 Å². The van der Waals surface area contributed by atoms with Gasteiger partial charge in [0.2, 0.25) is 0 Å². The van der Waals surface area contributed by atoms with Crippen molar-refractivity contribution in [3.05, 3.63) is 29.1 Å². The summed E-state index contributed by atoms with van der Waals surface area (Å²) >= 11 is 0. The molecule has 1 saturated heterocycles. The number of amides is 1. The molecule has 5 nitrogen and oxygen atoms in total. The van der Waals surface area contributed by atoms with Crippen molar-refractivity contribution in [2.24, 2.45) is 5.92 Å². The van der Waals surface area contributed by atoms with Gasteiger partial charge in [0.1, 0.15) is 5.69 Å². The van der Waals surface area contributed by atoms with Crippen molar-refractivity contribution in [3.8, 4) is 0 Å². The van der Waals surface area contributed by atoms with Gasteiger partial charge in [-0.05, 0) is 39.3 Å². The first kappa shape index (κ1) is 17.2. The summed E-state index contributed by atoms with van der Waals surface area (Å²) < 4.78 is 39.2. The topological polar surface area (TPSA) is 70.5 Å². The number of likely N-dealkylation sites (tertiary alicyclic amines) is 1. The van der Waals surface area contributed by atoms with Crippen molar-refractivity contribution in [2.75, 3.05) is 6.54 Å². The Kier molecular flexibility index (Phi) is 4.13. The SMILES string of the molecule is Cc1nc(C(=O)N2CCC(C(F)(F)F)C2(C)C)ccc1C(=O)O. The van der Waals surface area contributed by atoms with Crippen molar-refractivity contribution in [3.63, 3.8) is 0 Å². The first-order valence-corrected chi connectivity index (χ1v) is 7.06. The van der Waals surface area contributed by atoms with Gasteiger partial charge in [-0.15, -0.1) is 0 Å². The van der Waals surface area contributed by atoms with Crippen molar-refractivity contribution < 1.29 is 27.9 Å². The maximum atomic E-state index is 13.1. The lowest BCUT2D eigenvalue weighted by Gasteiger charge is -2.36.